The van der Waals surface area contributed by atoms with Crippen molar-refractivity contribution in [2.75, 3.05) is 5.32 Å². The first-order valence-corrected chi connectivity index (χ1v) is 7.48. The highest BCUT2D eigenvalue weighted by Crippen LogP contribution is 2.26. The second-order valence-electron chi connectivity index (χ2n) is 4.94. The van der Waals surface area contributed by atoms with E-state index >= 15 is 0 Å². The van der Waals surface area contributed by atoms with E-state index < -0.39 is 11.7 Å². The number of carbonyl (C=O) groups excluding carboxylic acids is 1. The van der Waals surface area contributed by atoms with Gasteiger partial charge in [0.15, 0.2) is 0 Å². The van der Waals surface area contributed by atoms with Crippen LogP contribution in [0.4, 0.5) is 10.1 Å². The molecule has 2 heterocycles. The number of nitrogens with zero attached hydrogens (tertiary/aromatic N) is 2. The highest BCUT2D eigenvalue weighted by Gasteiger charge is 2.17. The van der Waals surface area contributed by atoms with Crippen LogP contribution in [0.1, 0.15) is 10.5 Å². The SMILES string of the molecule is Cn1c(C(=O)Nc2cc(-n3cccc3)ccc2F)cc(Cl)c1Cl. The molecule has 23 heavy (non-hydrogen) atoms. The smallest absolute Gasteiger partial charge is 0.272 e. The van der Waals surface area contributed by atoms with Crippen molar-refractivity contribution in [2.24, 2.45) is 7.05 Å². The van der Waals surface area contributed by atoms with Gasteiger partial charge < -0.3 is 14.5 Å². The Bertz CT molecular complexity index is 872. The number of benzene rings is 1. The Labute approximate surface area is 142 Å². The Balaban J connectivity index is 1.91. The summed E-state index contributed by atoms with van der Waals surface area (Å²) >= 11 is 11.8. The lowest BCUT2D eigenvalue weighted by molar-refractivity contribution is 0.101. The number of halogens is 3. The highest BCUT2D eigenvalue weighted by molar-refractivity contribution is 6.42. The first-order valence-electron chi connectivity index (χ1n) is 6.72. The fraction of sp³-hybridized carbons (Fsp3) is 0.0625. The third-order valence-electron chi connectivity index (χ3n) is 3.45. The Kier molecular flexibility index (Phi) is 4.15. The number of hydrogen-bond acceptors (Lipinski definition) is 1. The van der Waals surface area contributed by atoms with Gasteiger partial charge in [0, 0.05) is 25.1 Å². The van der Waals surface area contributed by atoms with Gasteiger partial charge in [-0.05, 0) is 36.4 Å². The molecule has 118 valence electrons. The summed E-state index contributed by atoms with van der Waals surface area (Å²) in [6.07, 6.45) is 3.66. The summed E-state index contributed by atoms with van der Waals surface area (Å²) in [5.41, 5.74) is 1.05. The van der Waals surface area contributed by atoms with Crippen LogP contribution < -0.4 is 5.32 Å². The number of rotatable bonds is 3. The molecule has 0 saturated heterocycles. The number of anilines is 1. The first-order chi connectivity index (χ1) is 11.0. The third kappa shape index (κ3) is 2.98. The van der Waals surface area contributed by atoms with Crippen LogP contribution >= 0.6 is 23.2 Å². The number of carbonyl (C=O) groups is 1. The zero-order valence-electron chi connectivity index (χ0n) is 12.1. The van der Waals surface area contributed by atoms with Gasteiger partial charge in [-0.25, -0.2) is 4.39 Å². The van der Waals surface area contributed by atoms with Crippen LogP contribution in [0.2, 0.25) is 10.2 Å². The van der Waals surface area contributed by atoms with Crippen molar-refractivity contribution in [3.63, 3.8) is 0 Å². The molecule has 0 bridgehead atoms. The van der Waals surface area contributed by atoms with E-state index in [2.05, 4.69) is 5.32 Å². The number of hydrogen-bond donors (Lipinski definition) is 1. The average molecular weight is 352 g/mol. The summed E-state index contributed by atoms with van der Waals surface area (Å²) in [6.45, 7) is 0. The fourth-order valence-electron chi connectivity index (χ4n) is 2.22. The highest BCUT2D eigenvalue weighted by atomic mass is 35.5. The number of amides is 1. The van der Waals surface area contributed by atoms with Crippen molar-refractivity contribution < 1.29 is 9.18 Å². The monoisotopic (exact) mass is 351 g/mol. The maximum absolute atomic E-state index is 14.0. The third-order valence-corrected chi connectivity index (χ3v) is 4.29. The van der Waals surface area contributed by atoms with Crippen molar-refractivity contribution in [3.8, 4) is 5.69 Å². The van der Waals surface area contributed by atoms with E-state index in [1.807, 2.05) is 29.1 Å². The van der Waals surface area contributed by atoms with Crippen molar-refractivity contribution in [1.82, 2.24) is 9.13 Å². The predicted octanol–water partition coefficient (Wildman–Crippen LogP) is 4.51. The summed E-state index contributed by atoms with van der Waals surface area (Å²) in [4.78, 5) is 12.3. The molecular formula is C16H12Cl2FN3O. The van der Waals surface area contributed by atoms with E-state index in [1.54, 1.807) is 19.2 Å². The van der Waals surface area contributed by atoms with Gasteiger partial charge in [0.2, 0.25) is 0 Å². The van der Waals surface area contributed by atoms with Gasteiger partial charge in [-0.1, -0.05) is 23.2 Å². The second-order valence-corrected chi connectivity index (χ2v) is 5.70. The van der Waals surface area contributed by atoms with Gasteiger partial charge >= 0.3 is 0 Å². The van der Waals surface area contributed by atoms with Gasteiger partial charge in [0.25, 0.3) is 5.91 Å². The zero-order chi connectivity index (χ0) is 16.6. The molecule has 4 nitrogen and oxygen atoms in total. The normalized spacial score (nSPS) is 10.8. The molecule has 3 rings (SSSR count). The van der Waals surface area contributed by atoms with Gasteiger partial charge in [0.05, 0.1) is 10.7 Å². The lowest BCUT2D eigenvalue weighted by Crippen LogP contribution is -2.16. The molecule has 0 aliphatic carbocycles. The van der Waals surface area contributed by atoms with Crippen molar-refractivity contribution in [2.45, 2.75) is 0 Å². The number of nitrogens with one attached hydrogen (secondary N) is 1. The van der Waals surface area contributed by atoms with Crippen LogP contribution in [0.15, 0.2) is 48.8 Å². The number of aromatic nitrogens is 2. The molecule has 1 N–H and O–H groups in total. The van der Waals surface area contributed by atoms with Gasteiger partial charge in [0.1, 0.15) is 16.7 Å². The topological polar surface area (TPSA) is 39.0 Å². The molecule has 1 aromatic carbocycles. The molecule has 0 saturated carbocycles. The Morgan fingerprint density at radius 2 is 1.87 bits per heavy atom. The molecule has 0 spiro atoms. The standard InChI is InChI=1S/C16H12Cl2FN3O/c1-21-14(9-11(17)15(21)18)16(23)20-13-8-10(4-5-12(13)19)22-6-2-3-7-22/h2-9H,1H3,(H,20,23). The van der Waals surface area contributed by atoms with Crippen LogP contribution in [0.3, 0.4) is 0 Å². The van der Waals surface area contributed by atoms with E-state index in [4.69, 9.17) is 23.2 Å². The van der Waals surface area contributed by atoms with Crippen LogP contribution in [0, 0.1) is 5.82 Å². The maximum Gasteiger partial charge on any atom is 0.272 e. The van der Waals surface area contributed by atoms with Crippen molar-refractivity contribution >= 4 is 34.8 Å². The first kappa shape index (κ1) is 15.6. The molecule has 7 heteroatoms. The molecule has 0 unspecified atom stereocenters. The molecule has 3 aromatic rings. The van der Waals surface area contributed by atoms with Crippen molar-refractivity contribution in [3.05, 3.63) is 70.5 Å². The molecule has 0 aliphatic rings. The largest absolute Gasteiger partial charge is 0.329 e. The summed E-state index contributed by atoms with van der Waals surface area (Å²) in [6, 6.07) is 9.63. The minimum absolute atomic E-state index is 0.0784. The molecule has 0 atom stereocenters. The lowest BCUT2D eigenvalue weighted by atomic mass is 10.2. The van der Waals surface area contributed by atoms with E-state index in [0.717, 1.165) is 5.69 Å². The Morgan fingerprint density at radius 3 is 2.48 bits per heavy atom. The molecule has 1 amide bonds. The van der Waals surface area contributed by atoms with Gasteiger partial charge in [-0.3, -0.25) is 4.79 Å². The molecule has 2 aromatic heterocycles. The maximum atomic E-state index is 14.0. The minimum Gasteiger partial charge on any atom is -0.329 e. The summed E-state index contributed by atoms with van der Waals surface area (Å²) in [5, 5.41) is 3.06. The average Bonchev–Trinajstić information content (AvgIpc) is 3.14. The predicted molar refractivity (Wildman–Crippen MR) is 89.1 cm³/mol. The van der Waals surface area contributed by atoms with Gasteiger partial charge in [-0.2, -0.15) is 0 Å². The van der Waals surface area contributed by atoms with E-state index in [9.17, 15) is 9.18 Å². The fourth-order valence-corrected chi connectivity index (χ4v) is 2.60. The van der Waals surface area contributed by atoms with Crippen LogP contribution in [-0.2, 0) is 7.05 Å². The van der Waals surface area contributed by atoms with Crippen LogP contribution in [-0.4, -0.2) is 15.0 Å². The van der Waals surface area contributed by atoms with Crippen LogP contribution in [0.25, 0.3) is 5.69 Å². The molecular weight excluding hydrogens is 340 g/mol. The van der Waals surface area contributed by atoms with E-state index in [0.29, 0.717) is 0 Å². The second kappa shape index (κ2) is 6.10. The van der Waals surface area contributed by atoms with E-state index in [1.165, 1.54) is 16.7 Å². The quantitative estimate of drug-likeness (QED) is 0.740. The lowest BCUT2D eigenvalue weighted by Gasteiger charge is -2.10. The summed E-state index contributed by atoms with van der Waals surface area (Å²) in [5.74, 6) is -1.02. The minimum atomic E-state index is -0.527. The molecule has 0 aliphatic heterocycles. The van der Waals surface area contributed by atoms with Crippen LogP contribution in [0.5, 0.6) is 0 Å². The Hall–Kier alpha value is -2.24. The van der Waals surface area contributed by atoms with Gasteiger partial charge in [-0.15, -0.1) is 0 Å². The van der Waals surface area contributed by atoms with E-state index in [-0.39, 0.29) is 21.6 Å². The Morgan fingerprint density at radius 1 is 1.17 bits per heavy atom. The molecule has 0 radical (unpaired) electrons. The molecule has 0 fully saturated rings. The summed E-state index contributed by atoms with van der Waals surface area (Å²) in [7, 11) is 1.61. The van der Waals surface area contributed by atoms with Crippen molar-refractivity contribution in [1.29, 1.82) is 0 Å². The summed E-state index contributed by atoms with van der Waals surface area (Å²) < 4.78 is 17.2. The zero-order valence-corrected chi connectivity index (χ0v) is 13.6.